The molecule has 0 saturated carbocycles. The number of hydrogen-bond donors (Lipinski definition) is 0. The molecule has 0 heterocycles. The fourth-order valence-corrected chi connectivity index (χ4v) is 2.54. The summed E-state index contributed by atoms with van der Waals surface area (Å²) < 4.78 is 27.5. The van der Waals surface area contributed by atoms with E-state index < -0.39 is 11.6 Å². The van der Waals surface area contributed by atoms with Crippen LogP contribution in [0.15, 0.2) is 40.1 Å². The molecule has 0 spiro atoms. The maximum atomic E-state index is 13.8. The van der Waals surface area contributed by atoms with Crippen molar-refractivity contribution in [3.63, 3.8) is 0 Å². The third-order valence-electron chi connectivity index (χ3n) is 2.83. The molecule has 2 rings (SSSR count). The smallest absolute Gasteiger partial charge is 0.141 e. The fraction of sp³-hybridized carbons (Fsp3) is 0.133. The maximum absolute atomic E-state index is 13.8. The van der Waals surface area contributed by atoms with Gasteiger partial charge in [-0.15, -0.1) is 0 Å². The Morgan fingerprint density at radius 3 is 2.16 bits per heavy atom. The van der Waals surface area contributed by atoms with Crippen LogP contribution >= 0.6 is 11.8 Å². The van der Waals surface area contributed by atoms with Crippen LogP contribution in [0.25, 0.3) is 0 Å². The minimum absolute atomic E-state index is 0.0144. The normalized spacial score (nSPS) is 10.3. The number of rotatable bonds is 2. The van der Waals surface area contributed by atoms with Crippen molar-refractivity contribution in [2.45, 2.75) is 23.6 Å². The van der Waals surface area contributed by atoms with Crippen LogP contribution < -0.4 is 0 Å². The summed E-state index contributed by atoms with van der Waals surface area (Å²) in [5.74, 6) is -1.42. The van der Waals surface area contributed by atoms with Crippen molar-refractivity contribution < 1.29 is 8.78 Å². The number of benzene rings is 2. The molecule has 1 nitrogen and oxygen atoms in total. The first-order valence-electron chi connectivity index (χ1n) is 5.65. The van der Waals surface area contributed by atoms with E-state index in [1.165, 1.54) is 0 Å². The van der Waals surface area contributed by atoms with E-state index in [0.717, 1.165) is 39.9 Å². The predicted octanol–water partition coefficient (Wildman–Crippen LogP) is 4.60. The van der Waals surface area contributed by atoms with E-state index in [2.05, 4.69) is 0 Å². The summed E-state index contributed by atoms with van der Waals surface area (Å²) in [4.78, 5) is 0.688. The highest BCUT2D eigenvalue weighted by Crippen LogP contribution is 2.33. The molecule has 0 N–H and O–H groups in total. The molecule has 0 radical (unpaired) electrons. The number of hydrogen-bond acceptors (Lipinski definition) is 2. The van der Waals surface area contributed by atoms with Gasteiger partial charge in [-0.1, -0.05) is 17.8 Å². The lowest BCUT2D eigenvalue weighted by Gasteiger charge is -2.07. The van der Waals surface area contributed by atoms with Crippen molar-refractivity contribution in [3.8, 4) is 6.07 Å². The molecule has 0 aliphatic heterocycles. The summed E-state index contributed by atoms with van der Waals surface area (Å²) in [6.07, 6.45) is 0. The molecular weight excluding hydrogens is 264 g/mol. The van der Waals surface area contributed by atoms with Crippen LogP contribution in [0.2, 0.25) is 0 Å². The quantitative estimate of drug-likeness (QED) is 0.799. The second kappa shape index (κ2) is 5.41. The molecule has 0 amide bonds. The second-order valence-corrected chi connectivity index (χ2v) is 5.31. The lowest BCUT2D eigenvalue weighted by molar-refractivity contribution is 0.540. The summed E-state index contributed by atoms with van der Waals surface area (Å²) in [7, 11) is 0. The molecule has 2 aromatic rings. The molecule has 2 aromatic carbocycles. The fourth-order valence-electron chi connectivity index (χ4n) is 1.62. The van der Waals surface area contributed by atoms with Crippen LogP contribution in [0, 0.1) is 36.8 Å². The van der Waals surface area contributed by atoms with E-state index in [1.807, 2.05) is 32.0 Å². The topological polar surface area (TPSA) is 23.8 Å². The van der Waals surface area contributed by atoms with Gasteiger partial charge >= 0.3 is 0 Å². The van der Waals surface area contributed by atoms with E-state index in [1.54, 1.807) is 6.07 Å². The van der Waals surface area contributed by atoms with Gasteiger partial charge in [0.2, 0.25) is 0 Å². The lowest BCUT2D eigenvalue weighted by atomic mass is 10.1. The van der Waals surface area contributed by atoms with Gasteiger partial charge in [-0.2, -0.15) is 5.26 Å². The Labute approximate surface area is 114 Å². The van der Waals surface area contributed by atoms with E-state index in [-0.39, 0.29) is 10.5 Å². The molecule has 0 aliphatic rings. The maximum Gasteiger partial charge on any atom is 0.141 e. The molecule has 4 heteroatoms. The van der Waals surface area contributed by atoms with Gasteiger partial charge in [-0.3, -0.25) is 0 Å². The summed E-state index contributed by atoms with van der Waals surface area (Å²) in [6, 6.07) is 9.45. The van der Waals surface area contributed by atoms with Crippen molar-refractivity contribution in [1.82, 2.24) is 0 Å². The standard InChI is InChI=1S/C15H11F2NS/c1-9-3-4-12(5-10(9)2)19-15-13(16)6-11(8-18)7-14(15)17/h3-7H,1-2H3. The minimum atomic E-state index is -0.709. The number of halogens is 2. The highest BCUT2D eigenvalue weighted by atomic mass is 32.2. The van der Waals surface area contributed by atoms with Crippen LogP contribution in [-0.2, 0) is 0 Å². The Morgan fingerprint density at radius 1 is 1.00 bits per heavy atom. The van der Waals surface area contributed by atoms with E-state index in [4.69, 9.17) is 5.26 Å². The van der Waals surface area contributed by atoms with Crippen molar-refractivity contribution in [2.75, 3.05) is 0 Å². The zero-order valence-corrected chi connectivity index (χ0v) is 11.3. The van der Waals surface area contributed by atoms with Crippen LogP contribution in [-0.4, -0.2) is 0 Å². The number of nitriles is 1. The molecule has 0 bridgehead atoms. The van der Waals surface area contributed by atoms with Gasteiger partial charge in [-0.05, 0) is 49.2 Å². The van der Waals surface area contributed by atoms with Gasteiger partial charge in [0, 0.05) is 4.90 Å². The van der Waals surface area contributed by atoms with Crippen LogP contribution in [0.1, 0.15) is 16.7 Å². The molecule has 19 heavy (non-hydrogen) atoms. The first-order valence-corrected chi connectivity index (χ1v) is 6.47. The molecule has 0 fully saturated rings. The average molecular weight is 275 g/mol. The predicted molar refractivity (Wildman–Crippen MR) is 71.1 cm³/mol. The Kier molecular flexibility index (Phi) is 3.87. The van der Waals surface area contributed by atoms with Gasteiger partial charge in [0.05, 0.1) is 16.5 Å². The third kappa shape index (κ3) is 2.94. The first kappa shape index (κ1) is 13.6. The highest BCUT2D eigenvalue weighted by Gasteiger charge is 2.13. The van der Waals surface area contributed by atoms with Gasteiger partial charge in [0.25, 0.3) is 0 Å². The molecule has 96 valence electrons. The molecule has 0 aliphatic carbocycles. The molecule has 0 saturated heterocycles. The summed E-state index contributed by atoms with van der Waals surface area (Å²) in [5.41, 5.74) is 2.18. The SMILES string of the molecule is Cc1ccc(Sc2c(F)cc(C#N)cc2F)cc1C. The van der Waals surface area contributed by atoms with Crippen molar-refractivity contribution >= 4 is 11.8 Å². The Bertz CT molecular complexity index is 651. The van der Waals surface area contributed by atoms with Crippen molar-refractivity contribution in [1.29, 1.82) is 5.26 Å². The van der Waals surface area contributed by atoms with Gasteiger partial charge < -0.3 is 0 Å². The van der Waals surface area contributed by atoms with Gasteiger partial charge in [-0.25, -0.2) is 8.78 Å². The Morgan fingerprint density at radius 2 is 1.63 bits per heavy atom. The van der Waals surface area contributed by atoms with Crippen molar-refractivity contribution in [2.24, 2.45) is 0 Å². The van der Waals surface area contributed by atoms with Crippen molar-refractivity contribution in [3.05, 3.63) is 58.7 Å². The van der Waals surface area contributed by atoms with E-state index >= 15 is 0 Å². The first-order chi connectivity index (χ1) is 9.01. The largest absolute Gasteiger partial charge is 0.206 e. The minimum Gasteiger partial charge on any atom is -0.206 e. The van der Waals surface area contributed by atoms with Gasteiger partial charge in [0.15, 0.2) is 0 Å². The molecule has 0 atom stereocenters. The monoisotopic (exact) mass is 275 g/mol. The van der Waals surface area contributed by atoms with E-state index in [0.29, 0.717) is 0 Å². The third-order valence-corrected chi connectivity index (χ3v) is 3.91. The van der Waals surface area contributed by atoms with Gasteiger partial charge in [0.1, 0.15) is 11.6 Å². The number of aryl methyl sites for hydroxylation is 2. The average Bonchev–Trinajstić information content (AvgIpc) is 2.37. The van der Waals surface area contributed by atoms with Crippen LogP contribution in [0.3, 0.4) is 0 Å². The second-order valence-electron chi connectivity index (χ2n) is 4.23. The Hall–Kier alpha value is -1.86. The number of nitrogens with zero attached hydrogens (tertiary/aromatic N) is 1. The molecular formula is C15H11F2NS. The summed E-state index contributed by atoms with van der Waals surface area (Å²) in [6.45, 7) is 3.93. The lowest BCUT2D eigenvalue weighted by Crippen LogP contribution is -1.91. The zero-order valence-electron chi connectivity index (χ0n) is 10.5. The molecule has 0 unspecified atom stereocenters. The Balaban J connectivity index is 2.38. The summed E-state index contributed by atoms with van der Waals surface area (Å²) in [5, 5.41) is 8.64. The molecule has 0 aromatic heterocycles. The van der Waals surface area contributed by atoms with E-state index in [9.17, 15) is 8.78 Å². The van der Waals surface area contributed by atoms with Crippen LogP contribution in [0.4, 0.5) is 8.78 Å². The zero-order chi connectivity index (χ0) is 14.0. The van der Waals surface area contributed by atoms with Crippen LogP contribution in [0.5, 0.6) is 0 Å². The highest BCUT2D eigenvalue weighted by molar-refractivity contribution is 7.99. The summed E-state index contributed by atoms with van der Waals surface area (Å²) >= 11 is 1.02.